The van der Waals surface area contributed by atoms with E-state index in [2.05, 4.69) is 34.7 Å². The Morgan fingerprint density at radius 3 is 2.63 bits per heavy atom. The van der Waals surface area contributed by atoms with Gasteiger partial charge in [-0.05, 0) is 29.3 Å². The van der Waals surface area contributed by atoms with E-state index in [4.69, 9.17) is 4.52 Å². The molecule has 2 amide bonds. The van der Waals surface area contributed by atoms with Crippen LogP contribution in [0.4, 0.5) is 5.82 Å². The number of nitrogens with zero attached hydrogens (tertiary/aromatic N) is 2. The van der Waals surface area contributed by atoms with Gasteiger partial charge < -0.3 is 14.7 Å². The number of rotatable bonds is 7. The number of anilines is 1. The Kier molecular flexibility index (Phi) is 6.13. The molecule has 0 spiro atoms. The van der Waals surface area contributed by atoms with Crippen molar-refractivity contribution in [3.05, 3.63) is 59.9 Å². The first-order valence-corrected chi connectivity index (χ1v) is 9.69. The monoisotopic (exact) mass is 383 g/mol. The summed E-state index contributed by atoms with van der Waals surface area (Å²) in [7, 11) is 1.77. The number of aromatic nitrogens is 1. The second-order valence-corrected chi connectivity index (χ2v) is 7.28. The van der Waals surface area contributed by atoms with Crippen molar-refractivity contribution in [1.29, 1.82) is 0 Å². The lowest BCUT2D eigenvalue weighted by Gasteiger charge is -2.17. The Bertz CT molecular complexity index is 954. The minimum absolute atomic E-state index is 0.0155. The molecule has 0 radical (unpaired) electrons. The Hall–Kier alpha value is -2.80. The van der Waals surface area contributed by atoms with Crippen LogP contribution in [0.15, 0.2) is 53.1 Å². The molecule has 27 heavy (non-hydrogen) atoms. The summed E-state index contributed by atoms with van der Waals surface area (Å²) in [6.45, 7) is 2.29. The molecule has 0 saturated heterocycles. The third-order valence-electron chi connectivity index (χ3n) is 4.01. The molecular weight excluding hydrogens is 362 g/mol. The van der Waals surface area contributed by atoms with Crippen LogP contribution in [0.1, 0.15) is 11.3 Å². The molecule has 140 valence electrons. The molecular formula is C20H21N3O3S. The van der Waals surface area contributed by atoms with Crippen LogP contribution in [0, 0.1) is 6.92 Å². The maximum absolute atomic E-state index is 12.3. The van der Waals surface area contributed by atoms with E-state index in [1.807, 2.05) is 18.2 Å². The summed E-state index contributed by atoms with van der Waals surface area (Å²) in [6, 6.07) is 16.0. The van der Waals surface area contributed by atoms with E-state index >= 15 is 0 Å². The molecule has 3 rings (SSSR count). The first kappa shape index (κ1) is 19.0. The van der Waals surface area contributed by atoms with Crippen LogP contribution >= 0.6 is 11.8 Å². The van der Waals surface area contributed by atoms with Gasteiger partial charge >= 0.3 is 0 Å². The smallest absolute Gasteiger partial charge is 0.235 e. The average Bonchev–Trinajstić information content (AvgIpc) is 3.06. The summed E-state index contributed by atoms with van der Waals surface area (Å²) in [4.78, 5) is 25.8. The predicted molar refractivity (Wildman–Crippen MR) is 108 cm³/mol. The minimum atomic E-state index is -0.210. The second kappa shape index (κ2) is 8.73. The maximum Gasteiger partial charge on any atom is 0.235 e. The first-order chi connectivity index (χ1) is 13.0. The van der Waals surface area contributed by atoms with Gasteiger partial charge in [-0.25, -0.2) is 0 Å². The van der Waals surface area contributed by atoms with Crippen molar-refractivity contribution in [1.82, 2.24) is 10.1 Å². The number of benzene rings is 2. The normalized spacial score (nSPS) is 10.7. The molecule has 1 aromatic heterocycles. The summed E-state index contributed by atoms with van der Waals surface area (Å²) in [5.74, 6) is 1.22. The number of nitrogens with one attached hydrogen (secondary N) is 1. The van der Waals surface area contributed by atoms with E-state index in [1.54, 1.807) is 24.9 Å². The van der Waals surface area contributed by atoms with Crippen molar-refractivity contribution < 1.29 is 14.1 Å². The number of fused-ring (bicyclic) bond motifs is 1. The summed E-state index contributed by atoms with van der Waals surface area (Å²) in [6.07, 6.45) is 0. The third kappa shape index (κ3) is 5.34. The Balaban J connectivity index is 1.45. The Labute approximate surface area is 161 Å². The molecule has 0 aliphatic rings. The molecule has 6 nitrogen and oxygen atoms in total. The zero-order valence-corrected chi connectivity index (χ0v) is 16.1. The van der Waals surface area contributed by atoms with Gasteiger partial charge in [0.15, 0.2) is 5.82 Å². The largest absolute Gasteiger partial charge is 0.360 e. The number of thioether (sulfide) groups is 1. The number of carbonyl (C=O) groups is 2. The number of hydrogen-bond donors (Lipinski definition) is 1. The van der Waals surface area contributed by atoms with E-state index in [-0.39, 0.29) is 23.3 Å². The van der Waals surface area contributed by atoms with Crippen LogP contribution in [0.3, 0.4) is 0 Å². The fraction of sp³-hybridized carbons (Fsp3) is 0.250. The number of aryl methyl sites for hydroxylation is 1. The van der Waals surface area contributed by atoms with Crippen molar-refractivity contribution >= 4 is 40.2 Å². The van der Waals surface area contributed by atoms with Crippen molar-refractivity contribution in [2.24, 2.45) is 0 Å². The van der Waals surface area contributed by atoms with Crippen molar-refractivity contribution in [3.63, 3.8) is 0 Å². The molecule has 1 N–H and O–H groups in total. The molecule has 0 fully saturated rings. The van der Waals surface area contributed by atoms with E-state index in [9.17, 15) is 9.59 Å². The van der Waals surface area contributed by atoms with Crippen LogP contribution in [-0.4, -0.2) is 40.4 Å². The third-order valence-corrected chi connectivity index (χ3v) is 4.93. The molecule has 0 bridgehead atoms. The molecule has 0 aliphatic heterocycles. The van der Waals surface area contributed by atoms with E-state index < -0.39 is 0 Å². The van der Waals surface area contributed by atoms with Crippen molar-refractivity contribution in [2.45, 2.75) is 13.5 Å². The molecule has 0 saturated carbocycles. The highest BCUT2D eigenvalue weighted by molar-refractivity contribution is 8.00. The highest BCUT2D eigenvalue weighted by Crippen LogP contribution is 2.17. The van der Waals surface area contributed by atoms with E-state index in [1.165, 1.54) is 17.1 Å². The van der Waals surface area contributed by atoms with Crippen LogP contribution in [0.2, 0.25) is 0 Å². The quantitative estimate of drug-likeness (QED) is 0.676. The lowest BCUT2D eigenvalue weighted by molar-refractivity contribution is -0.127. The topological polar surface area (TPSA) is 75.4 Å². The molecule has 7 heteroatoms. The summed E-state index contributed by atoms with van der Waals surface area (Å²) >= 11 is 1.28. The average molecular weight is 383 g/mol. The fourth-order valence-electron chi connectivity index (χ4n) is 2.64. The molecule has 3 aromatic rings. The van der Waals surface area contributed by atoms with Gasteiger partial charge in [-0.1, -0.05) is 41.6 Å². The Morgan fingerprint density at radius 2 is 1.89 bits per heavy atom. The number of carbonyl (C=O) groups excluding carboxylic acids is 2. The fourth-order valence-corrected chi connectivity index (χ4v) is 3.40. The number of amides is 2. The van der Waals surface area contributed by atoms with E-state index in [0.717, 1.165) is 10.9 Å². The van der Waals surface area contributed by atoms with E-state index in [0.29, 0.717) is 18.1 Å². The van der Waals surface area contributed by atoms with Crippen LogP contribution in [0.5, 0.6) is 0 Å². The molecule has 1 heterocycles. The van der Waals surface area contributed by atoms with Gasteiger partial charge in [-0.3, -0.25) is 9.59 Å². The van der Waals surface area contributed by atoms with Gasteiger partial charge in [0.1, 0.15) is 5.76 Å². The SMILES string of the molecule is Cc1cc(NC(=O)CSCC(=O)N(C)Cc2ccc3ccccc3c2)no1. The lowest BCUT2D eigenvalue weighted by atomic mass is 10.1. The minimum Gasteiger partial charge on any atom is -0.360 e. The van der Waals surface area contributed by atoms with Gasteiger partial charge in [-0.15, -0.1) is 11.8 Å². The second-order valence-electron chi connectivity index (χ2n) is 6.30. The highest BCUT2D eigenvalue weighted by atomic mass is 32.2. The van der Waals surface area contributed by atoms with Gasteiger partial charge in [0.25, 0.3) is 0 Å². The number of hydrogen-bond acceptors (Lipinski definition) is 5. The summed E-state index contributed by atoms with van der Waals surface area (Å²) in [5.41, 5.74) is 1.08. The van der Waals surface area contributed by atoms with Gasteiger partial charge in [0.05, 0.1) is 11.5 Å². The van der Waals surface area contributed by atoms with Crippen LogP contribution in [0.25, 0.3) is 10.8 Å². The summed E-state index contributed by atoms with van der Waals surface area (Å²) in [5, 5.41) is 8.67. The molecule has 0 unspecified atom stereocenters. The summed E-state index contributed by atoms with van der Waals surface area (Å²) < 4.78 is 4.89. The van der Waals surface area contributed by atoms with Gasteiger partial charge in [0, 0.05) is 19.7 Å². The van der Waals surface area contributed by atoms with Gasteiger partial charge in [-0.2, -0.15) is 0 Å². The highest BCUT2D eigenvalue weighted by Gasteiger charge is 2.12. The molecule has 2 aromatic carbocycles. The van der Waals surface area contributed by atoms with Crippen LogP contribution in [-0.2, 0) is 16.1 Å². The Morgan fingerprint density at radius 1 is 1.11 bits per heavy atom. The van der Waals surface area contributed by atoms with Crippen molar-refractivity contribution in [3.8, 4) is 0 Å². The standard InChI is InChI=1S/C20H21N3O3S/c1-14-9-18(22-26-14)21-19(24)12-27-13-20(25)23(2)11-15-7-8-16-5-3-4-6-17(16)10-15/h3-10H,11-13H2,1-2H3,(H,21,22,24). The predicted octanol–water partition coefficient (Wildman–Crippen LogP) is 3.47. The van der Waals surface area contributed by atoms with Gasteiger partial charge in [0.2, 0.25) is 11.8 Å². The molecule has 0 aliphatic carbocycles. The van der Waals surface area contributed by atoms with Crippen LogP contribution < -0.4 is 5.32 Å². The zero-order valence-electron chi connectivity index (χ0n) is 15.3. The maximum atomic E-state index is 12.3. The zero-order chi connectivity index (χ0) is 19.2. The lowest BCUT2D eigenvalue weighted by Crippen LogP contribution is -2.28. The molecule has 0 atom stereocenters. The van der Waals surface area contributed by atoms with Crippen molar-refractivity contribution in [2.75, 3.05) is 23.9 Å². The first-order valence-electron chi connectivity index (χ1n) is 8.54.